The van der Waals surface area contributed by atoms with Crippen LogP contribution in [0.3, 0.4) is 0 Å². The molecule has 1 unspecified atom stereocenters. The van der Waals surface area contributed by atoms with Crippen molar-refractivity contribution in [3.05, 3.63) is 106 Å². The maximum atomic E-state index is 13.6. The third kappa shape index (κ3) is 6.38. The fourth-order valence-electron chi connectivity index (χ4n) is 5.18. The largest absolute Gasteiger partial charge is 0.355 e. The van der Waals surface area contributed by atoms with Crippen molar-refractivity contribution in [3.8, 4) is 0 Å². The van der Waals surface area contributed by atoms with Crippen LogP contribution in [0.2, 0.25) is 0 Å². The summed E-state index contributed by atoms with van der Waals surface area (Å²) < 4.78 is 13.6. The van der Waals surface area contributed by atoms with Crippen LogP contribution in [0.1, 0.15) is 72.4 Å². The van der Waals surface area contributed by atoms with Crippen LogP contribution in [0.15, 0.2) is 77.6 Å². The number of hydrogen-bond donors (Lipinski definition) is 1. The first-order valence-corrected chi connectivity index (χ1v) is 14.6. The Kier molecular flexibility index (Phi) is 8.31. The normalized spacial score (nSPS) is 17.0. The van der Waals surface area contributed by atoms with E-state index >= 15 is 0 Å². The van der Waals surface area contributed by atoms with Gasteiger partial charge in [-0.3, -0.25) is 9.59 Å². The molecule has 0 saturated carbocycles. The molecule has 3 heterocycles. The summed E-state index contributed by atoms with van der Waals surface area (Å²) in [5.74, 6) is 0.355. The summed E-state index contributed by atoms with van der Waals surface area (Å²) in [5, 5.41) is 3.64. The van der Waals surface area contributed by atoms with E-state index in [2.05, 4.69) is 35.2 Å². The molecule has 8 heteroatoms. The molecule has 2 aliphatic rings. The number of amides is 1. The van der Waals surface area contributed by atoms with Gasteiger partial charge in [-0.2, -0.15) is 0 Å². The van der Waals surface area contributed by atoms with E-state index in [1.54, 1.807) is 49.4 Å². The molecule has 1 aromatic heterocycles. The highest BCUT2D eigenvalue weighted by atomic mass is 32.2. The second-order valence-corrected chi connectivity index (χ2v) is 12.2. The van der Waals surface area contributed by atoms with Crippen molar-refractivity contribution < 1.29 is 14.0 Å². The average molecular weight is 569 g/mol. The second-order valence-electron chi connectivity index (χ2n) is 11.1. The fraction of sp³-hybridized carbons (Fsp3) is 0.303. The van der Waals surface area contributed by atoms with E-state index in [0.29, 0.717) is 48.1 Å². The number of aliphatic imine (C=N–C) groups is 1. The molecule has 1 amide bonds. The van der Waals surface area contributed by atoms with Gasteiger partial charge in [0.1, 0.15) is 11.6 Å². The van der Waals surface area contributed by atoms with Crippen LogP contribution in [-0.2, 0) is 10.2 Å². The number of hydrogen-bond acceptors (Lipinski definition) is 6. The van der Waals surface area contributed by atoms with Crippen LogP contribution >= 0.6 is 11.8 Å². The number of allylic oxidation sites excluding steroid dienone is 1. The van der Waals surface area contributed by atoms with E-state index in [1.165, 1.54) is 12.1 Å². The standard InChI is InChI=1S/C33H33FN4O2S/c1-20-6-7-23(27(39)12-13-33(2,3)32-36-14-5-15-37-32)19-25(20)28-17-21-16-26(31(40)35-4)30(38-29(18-21)41-28)22-8-10-24(34)11-9-22/h5-11,14-15,17,19,21H,12-13,16,18H2,1-4H3,(H,35,40). The summed E-state index contributed by atoms with van der Waals surface area (Å²) in [7, 11) is 1.61. The summed E-state index contributed by atoms with van der Waals surface area (Å²) in [6, 6.07) is 13.8. The molecular weight excluding hydrogens is 535 g/mol. The summed E-state index contributed by atoms with van der Waals surface area (Å²) in [4.78, 5) is 41.0. The minimum absolute atomic E-state index is 0.0701. The lowest BCUT2D eigenvalue weighted by atomic mass is 9.85. The molecule has 0 aliphatic carbocycles. The number of aromatic nitrogens is 2. The predicted octanol–water partition coefficient (Wildman–Crippen LogP) is 6.92. The van der Waals surface area contributed by atoms with Crippen molar-refractivity contribution >= 4 is 39.1 Å². The van der Waals surface area contributed by atoms with Gasteiger partial charge in [-0.1, -0.05) is 43.8 Å². The first kappa shape index (κ1) is 28.6. The number of ketones is 1. The number of Topliss-reactive ketones (excluding diaryl/α,β-unsaturated/α-hetero) is 1. The van der Waals surface area contributed by atoms with Gasteiger partial charge in [0, 0.05) is 59.3 Å². The lowest BCUT2D eigenvalue weighted by Crippen LogP contribution is -2.22. The monoisotopic (exact) mass is 568 g/mol. The number of carbonyl (C=O) groups is 2. The molecule has 1 N–H and O–H groups in total. The lowest BCUT2D eigenvalue weighted by Gasteiger charge is -2.23. The zero-order valence-electron chi connectivity index (χ0n) is 23.7. The van der Waals surface area contributed by atoms with Crippen molar-refractivity contribution in [2.75, 3.05) is 7.05 Å². The molecule has 210 valence electrons. The van der Waals surface area contributed by atoms with Crippen LogP contribution in [0.4, 0.5) is 4.39 Å². The molecule has 41 heavy (non-hydrogen) atoms. The smallest absolute Gasteiger partial charge is 0.249 e. The van der Waals surface area contributed by atoms with Crippen LogP contribution in [-0.4, -0.2) is 33.7 Å². The van der Waals surface area contributed by atoms with Gasteiger partial charge in [-0.15, -0.1) is 0 Å². The topological polar surface area (TPSA) is 84.3 Å². The number of likely N-dealkylation sites (N-methyl/N-ethyl adjacent to an activating group) is 1. The highest BCUT2D eigenvalue weighted by Gasteiger charge is 2.30. The Morgan fingerprint density at radius 3 is 2.51 bits per heavy atom. The van der Waals surface area contributed by atoms with E-state index in [-0.39, 0.29) is 28.8 Å². The molecule has 0 saturated heterocycles. The van der Waals surface area contributed by atoms with Gasteiger partial charge in [0.15, 0.2) is 5.78 Å². The van der Waals surface area contributed by atoms with Gasteiger partial charge >= 0.3 is 0 Å². The van der Waals surface area contributed by atoms with Crippen molar-refractivity contribution in [2.24, 2.45) is 10.9 Å². The van der Waals surface area contributed by atoms with Crippen LogP contribution in [0.5, 0.6) is 0 Å². The molecule has 0 fully saturated rings. The van der Waals surface area contributed by atoms with Crippen molar-refractivity contribution in [2.45, 2.75) is 51.9 Å². The van der Waals surface area contributed by atoms with Crippen LogP contribution in [0, 0.1) is 18.7 Å². The Morgan fingerprint density at radius 2 is 1.80 bits per heavy atom. The molecule has 3 aromatic rings. The van der Waals surface area contributed by atoms with Gasteiger partial charge in [0.25, 0.3) is 0 Å². The molecule has 2 bridgehead atoms. The SMILES string of the molecule is CNC(=O)C1=C(c2ccc(F)cc2)N=C2CC(C=C(c3cc(C(=O)CCC(C)(C)c4ncccn4)ccc3C)S2)C1. The highest BCUT2D eigenvalue weighted by molar-refractivity contribution is 8.21. The van der Waals surface area contributed by atoms with Gasteiger partial charge in [-0.25, -0.2) is 19.4 Å². The first-order chi connectivity index (χ1) is 19.6. The highest BCUT2D eigenvalue weighted by Crippen LogP contribution is 2.44. The predicted molar refractivity (Wildman–Crippen MR) is 163 cm³/mol. The number of nitrogens with zero attached hydrogens (tertiary/aromatic N) is 3. The lowest BCUT2D eigenvalue weighted by molar-refractivity contribution is -0.117. The summed E-state index contributed by atoms with van der Waals surface area (Å²) in [6.07, 6.45) is 7.90. The quantitative estimate of drug-likeness (QED) is 0.298. The number of halogens is 1. The van der Waals surface area contributed by atoms with E-state index in [9.17, 15) is 14.0 Å². The Hall–Kier alpha value is -3.91. The molecule has 5 rings (SSSR count). The number of rotatable bonds is 8. The van der Waals surface area contributed by atoms with Crippen molar-refractivity contribution in [1.29, 1.82) is 0 Å². The third-order valence-electron chi connectivity index (χ3n) is 7.63. The minimum atomic E-state index is -0.337. The van der Waals surface area contributed by atoms with E-state index in [1.807, 2.05) is 25.1 Å². The molecule has 2 aliphatic heterocycles. The van der Waals surface area contributed by atoms with Gasteiger partial charge < -0.3 is 5.32 Å². The Labute approximate surface area is 244 Å². The molecule has 1 atom stereocenters. The zero-order valence-corrected chi connectivity index (χ0v) is 24.5. The number of benzene rings is 2. The summed E-state index contributed by atoms with van der Waals surface area (Å²) >= 11 is 1.57. The zero-order chi connectivity index (χ0) is 29.1. The molecule has 6 nitrogen and oxygen atoms in total. The maximum absolute atomic E-state index is 13.6. The van der Waals surface area contributed by atoms with Crippen LogP contribution in [0.25, 0.3) is 10.6 Å². The molecule has 0 radical (unpaired) electrons. The molecule has 0 spiro atoms. The van der Waals surface area contributed by atoms with Crippen molar-refractivity contribution in [3.63, 3.8) is 0 Å². The average Bonchev–Trinajstić information content (AvgIpc) is 3.11. The van der Waals surface area contributed by atoms with Crippen molar-refractivity contribution in [1.82, 2.24) is 15.3 Å². The van der Waals surface area contributed by atoms with Gasteiger partial charge in [0.2, 0.25) is 5.91 Å². The van der Waals surface area contributed by atoms with E-state index in [0.717, 1.165) is 26.9 Å². The molecular formula is C33H33FN4O2S. The van der Waals surface area contributed by atoms with Gasteiger partial charge in [-0.05, 0) is 73.2 Å². The number of aryl methyl sites for hydroxylation is 1. The van der Waals surface area contributed by atoms with E-state index in [4.69, 9.17) is 4.99 Å². The third-order valence-corrected chi connectivity index (χ3v) is 8.70. The summed E-state index contributed by atoms with van der Waals surface area (Å²) in [5.41, 5.74) is 4.28. The Balaban J connectivity index is 1.41. The summed E-state index contributed by atoms with van der Waals surface area (Å²) in [6.45, 7) is 6.16. The first-order valence-electron chi connectivity index (χ1n) is 13.7. The number of nitrogens with one attached hydrogen (secondary N) is 1. The number of carbonyl (C=O) groups excluding carboxylic acids is 2. The van der Waals surface area contributed by atoms with E-state index < -0.39 is 0 Å². The fourth-order valence-corrected chi connectivity index (χ4v) is 6.46. The number of thioether (sulfide) groups is 1. The Morgan fingerprint density at radius 1 is 1.07 bits per heavy atom. The molecule has 2 aromatic carbocycles. The Bertz CT molecular complexity index is 1580. The minimum Gasteiger partial charge on any atom is -0.355 e. The van der Waals surface area contributed by atoms with Crippen LogP contribution < -0.4 is 5.32 Å². The maximum Gasteiger partial charge on any atom is 0.249 e. The second kappa shape index (κ2) is 11.9. The van der Waals surface area contributed by atoms with Gasteiger partial charge in [0.05, 0.1) is 10.7 Å². The number of fused-ring (bicyclic) bond motifs is 2.